The molecule has 0 unspecified atom stereocenters. The van der Waals surface area contributed by atoms with Crippen LogP contribution in [0.25, 0.3) is 0 Å². The van der Waals surface area contributed by atoms with E-state index in [1.54, 1.807) is 18.2 Å². The minimum atomic E-state index is -2.04. The maximum absolute atomic E-state index is 11.6. The Morgan fingerprint density at radius 1 is 1.31 bits per heavy atom. The molecule has 0 aliphatic carbocycles. The molecular weight excluding hydrogens is 323 g/mol. The molecule has 6 nitrogen and oxygen atoms in total. The highest BCUT2D eigenvalue weighted by atomic mass is 127. The van der Waals surface area contributed by atoms with Crippen molar-refractivity contribution in [1.29, 1.82) is 0 Å². The number of amides is 2. The van der Waals surface area contributed by atoms with Crippen molar-refractivity contribution in [3.05, 3.63) is 33.4 Å². The third-order valence-electron chi connectivity index (χ3n) is 1.81. The molecule has 0 atom stereocenters. The number of carbonyl (C=O) groups is 2. The molecule has 86 valence electrons. The molecule has 0 spiro atoms. The van der Waals surface area contributed by atoms with Gasteiger partial charge in [0.25, 0.3) is 11.8 Å². The van der Waals surface area contributed by atoms with E-state index in [9.17, 15) is 9.59 Å². The van der Waals surface area contributed by atoms with Crippen molar-refractivity contribution in [3.63, 3.8) is 0 Å². The highest BCUT2D eigenvalue weighted by Gasteiger charge is 2.28. The average molecular weight is 334 g/mol. The van der Waals surface area contributed by atoms with Crippen molar-refractivity contribution in [1.82, 2.24) is 5.32 Å². The molecule has 1 aromatic rings. The second kappa shape index (κ2) is 4.76. The van der Waals surface area contributed by atoms with Crippen LogP contribution in [0.15, 0.2) is 24.3 Å². The van der Waals surface area contributed by atoms with Crippen LogP contribution in [-0.4, -0.2) is 17.6 Å². The topological polar surface area (TPSA) is 124 Å². The summed E-state index contributed by atoms with van der Waals surface area (Å²) in [7, 11) is 0. The van der Waals surface area contributed by atoms with E-state index in [1.807, 2.05) is 6.07 Å². The van der Waals surface area contributed by atoms with Gasteiger partial charge in [0, 0.05) is 9.13 Å². The van der Waals surface area contributed by atoms with Gasteiger partial charge in [-0.2, -0.15) is 0 Å². The number of nitrogens with one attached hydrogen (secondary N) is 1. The van der Waals surface area contributed by atoms with Gasteiger partial charge >= 0.3 is 0 Å². The zero-order valence-electron chi connectivity index (χ0n) is 8.24. The molecule has 7 N–H and O–H groups in total. The molecule has 1 aromatic carbocycles. The maximum atomic E-state index is 11.6. The summed E-state index contributed by atoms with van der Waals surface area (Å²) < 4.78 is 0.879. The van der Waals surface area contributed by atoms with E-state index in [2.05, 4.69) is 27.9 Å². The number of nitrogens with two attached hydrogens (primary N) is 3. The Hall–Kier alpha value is -1.19. The summed E-state index contributed by atoms with van der Waals surface area (Å²) in [5, 5.41) is 2.14. The third kappa shape index (κ3) is 3.15. The molecule has 0 aliphatic rings. The Bertz CT molecular complexity index is 433. The Morgan fingerprint density at radius 2 is 1.94 bits per heavy atom. The first-order chi connectivity index (χ1) is 7.33. The van der Waals surface area contributed by atoms with E-state index in [0.717, 1.165) is 3.57 Å². The molecule has 7 heteroatoms. The summed E-state index contributed by atoms with van der Waals surface area (Å²) in [4.78, 5) is 22.4. The van der Waals surface area contributed by atoms with Gasteiger partial charge in [0.2, 0.25) is 5.79 Å². The molecule has 0 heterocycles. The monoisotopic (exact) mass is 334 g/mol. The van der Waals surface area contributed by atoms with Gasteiger partial charge in [0.1, 0.15) is 0 Å². The van der Waals surface area contributed by atoms with Crippen molar-refractivity contribution in [2.75, 3.05) is 0 Å². The Morgan fingerprint density at radius 3 is 2.44 bits per heavy atom. The number of hydrogen-bond donors (Lipinski definition) is 4. The van der Waals surface area contributed by atoms with Crippen LogP contribution >= 0.6 is 22.6 Å². The Balaban J connectivity index is 2.85. The minimum Gasteiger partial charge on any atom is -0.365 e. The minimum absolute atomic E-state index is 0.355. The van der Waals surface area contributed by atoms with Gasteiger partial charge in [-0.3, -0.25) is 21.1 Å². The first-order valence-electron chi connectivity index (χ1n) is 4.28. The number of benzene rings is 1. The number of halogens is 1. The van der Waals surface area contributed by atoms with E-state index in [1.165, 1.54) is 0 Å². The van der Waals surface area contributed by atoms with E-state index in [0.29, 0.717) is 5.56 Å². The fraction of sp³-hybridized carbons (Fsp3) is 0.111. The lowest BCUT2D eigenvalue weighted by atomic mass is 10.2. The predicted octanol–water partition coefficient (Wildman–Crippen LogP) is -0.922. The molecule has 0 aliphatic heterocycles. The lowest BCUT2D eigenvalue weighted by Gasteiger charge is -2.21. The van der Waals surface area contributed by atoms with Gasteiger partial charge in [-0.1, -0.05) is 6.07 Å². The molecule has 0 radical (unpaired) electrons. The Kier molecular flexibility index (Phi) is 3.83. The molecule has 0 bridgehead atoms. The summed E-state index contributed by atoms with van der Waals surface area (Å²) in [6, 6.07) is 6.74. The number of primary amides is 1. The van der Waals surface area contributed by atoms with Crippen LogP contribution < -0.4 is 22.5 Å². The van der Waals surface area contributed by atoms with Gasteiger partial charge in [-0.05, 0) is 40.8 Å². The normalized spacial score (nSPS) is 10.9. The largest absolute Gasteiger partial charge is 0.365 e. The predicted molar refractivity (Wildman–Crippen MR) is 66.9 cm³/mol. The van der Waals surface area contributed by atoms with Crippen molar-refractivity contribution >= 4 is 34.4 Å². The van der Waals surface area contributed by atoms with Gasteiger partial charge in [-0.25, -0.2) is 0 Å². The Labute approximate surface area is 106 Å². The first kappa shape index (κ1) is 12.9. The smallest absolute Gasteiger partial charge is 0.273 e. The lowest BCUT2D eigenvalue weighted by molar-refractivity contribution is -0.123. The quantitative estimate of drug-likeness (QED) is 0.421. The van der Waals surface area contributed by atoms with Crippen LogP contribution in [0.4, 0.5) is 0 Å². The molecule has 0 saturated heterocycles. The van der Waals surface area contributed by atoms with E-state index < -0.39 is 17.6 Å². The number of carbonyl (C=O) groups excluding carboxylic acids is 2. The summed E-state index contributed by atoms with van der Waals surface area (Å²) in [5.74, 6) is -3.60. The van der Waals surface area contributed by atoms with Crippen LogP contribution in [0.2, 0.25) is 0 Å². The molecule has 0 fully saturated rings. The lowest BCUT2D eigenvalue weighted by Crippen LogP contribution is -2.70. The zero-order chi connectivity index (χ0) is 12.3. The second-order valence-electron chi connectivity index (χ2n) is 3.20. The molecule has 16 heavy (non-hydrogen) atoms. The van der Waals surface area contributed by atoms with Gasteiger partial charge in [0.15, 0.2) is 0 Å². The fourth-order valence-electron chi connectivity index (χ4n) is 0.951. The van der Waals surface area contributed by atoms with Crippen LogP contribution in [0.1, 0.15) is 10.4 Å². The van der Waals surface area contributed by atoms with E-state index in [-0.39, 0.29) is 0 Å². The maximum Gasteiger partial charge on any atom is 0.273 e. The van der Waals surface area contributed by atoms with E-state index in [4.69, 9.17) is 17.2 Å². The first-order valence-corrected chi connectivity index (χ1v) is 5.36. The number of hydrogen-bond acceptors (Lipinski definition) is 4. The summed E-state index contributed by atoms with van der Waals surface area (Å²) in [5.41, 5.74) is 15.9. The molecule has 1 rings (SSSR count). The summed E-state index contributed by atoms with van der Waals surface area (Å²) in [6.45, 7) is 0. The van der Waals surface area contributed by atoms with Gasteiger partial charge in [-0.15, -0.1) is 0 Å². The van der Waals surface area contributed by atoms with Crippen LogP contribution in [0.3, 0.4) is 0 Å². The van der Waals surface area contributed by atoms with Gasteiger partial charge < -0.3 is 11.1 Å². The second-order valence-corrected chi connectivity index (χ2v) is 4.44. The van der Waals surface area contributed by atoms with Crippen LogP contribution in [0, 0.1) is 3.57 Å². The molecular formula is C9H11IN4O2. The standard InChI is InChI=1S/C9H11IN4O2/c10-6-3-1-2-5(4-6)7(15)14-9(12,13)8(11)16/h1-4H,12-13H2,(H2,11,16)(H,14,15)/i10+0. The highest BCUT2D eigenvalue weighted by molar-refractivity contribution is 14.1. The van der Waals surface area contributed by atoms with Crippen molar-refractivity contribution in [2.24, 2.45) is 17.2 Å². The number of rotatable bonds is 3. The van der Waals surface area contributed by atoms with Crippen molar-refractivity contribution in [2.45, 2.75) is 5.79 Å². The summed E-state index contributed by atoms with van der Waals surface area (Å²) in [6.07, 6.45) is 0. The summed E-state index contributed by atoms with van der Waals surface area (Å²) >= 11 is 2.06. The van der Waals surface area contributed by atoms with Crippen molar-refractivity contribution < 1.29 is 9.59 Å². The highest BCUT2D eigenvalue weighted by Crippen LogP contribution is 2.07. The zero-order valence-corrected chi connectivity index (χ0v) is 10.4. The SMILES string of the molecule is NC(=O)C(N)(N)NC(=O)c1cccc([127I])c1. The van der Waals surface area contributed by atoms with Crippen LogP contribution in [0.5, 0.6) is 0 Å². The molecule has 2 amide bonds. The third-order valence-corrected chi connectivity index (χ3v) is 2.49. The molecule has 0 aromatic heterocycles. The molecule has 0 saturated carbocycles. The average Bonchev–Trinajstić information content (AvgIpc) is 2.16. The van der Waals surface area contributed by atoms with Crippen molar-refractivity contribution in [3.8, 4) is 0 Å². The van der Waals surface area contributed by atoms with Gasteiger partial charge in [0.05, 0.1) is 0 Å². The van der Waals surface area contributed by atoms with Crippen LogP contribution in [-0.2, 0) is 4.79 Å². The fourth-order valence-corrected chi connectivity index (χ4v) is 1.49. The van der Waals surface area contributed by atoms with E-state index >= 15 is 0 Å².